The first kappa shape index (κ1) is 11.0. The molecule has 0 radical (unpaired) electrons. The van der Waals surface area contributed by atoms with Crippen LogP contribution in [0.5, 0.6) is 0 Å². The fourth-order valence-corrected chi connectivity index (χ4v) is 1.53. The monoisotopic (exact) mass is 390 g/mol. The predicted molar refractivity (Wildman–Crippen MR) is 44.1 cm³/mol. The van der Waals surface area contributed by atoms with Crippen LogP contribution in [0.3, 0.4) is 0 Å². The quantitative estimate of drug-likeness (QED) is 0.569. The molecule has 1 rings (SSSR count). The molecule has 0 bridgehead atoms. The van der Waals surface area contributed by atoms with Crippen molar-refractivity contribution in [3.63, 3.8) is 0 Å². The Morgan fingerprint density at radius 3 is 1.44 bits per heavy atom. The Balaban J connectivity index is 0.000000148. The van der Waals surface area contributed by atoms with Gasteiger partial charge in [0.15, 0.2) is 0 Å². The van der Waals surface area contributed by atoms with Crippen LogP contribution in [0.15, 0.2) is 0 Å². The summed E-state index contributed by atoms with van der Waals surface area (Å²) in [5.41, 5.74) is 0. The Labute approximate surface area is 78.2 Å². The first-order valence-electron chi connectivity index (χ1n) is 2.42. The van der Waals surface area contributed by atoms with Crippen LogP contribution in [-0.2, 0) is 15.2 Å². The van der Waals surface area contributed by atoms with Crippen LogP contribution in [0, 0.1) is 0 Å². The van der Waals surface area contributed by atoms with E-state index in [2.05, 4.69) is 11.8 Å². The minimum absolute atomic E-state index is 1.42. The zero-order chi connectivity index (χ0) is 7.11. The van der Waals surface area contributed by atoms with Crippen molar-refractivity contribution >= 4 is 39.3 Å². The number of hydrogen-bond acceptors (Lipinski definition) is 1. The molecule has 1 fully saturated rings. The molecule has 1 aliphatic heterocycles. The fraction of sp³-hybridized carbons (Fsp3) is 1.00. The van der Waals surface area contributed by atoms with Crippen LogP contribution in [0.25, 0.3) is 0 Å². The predicted octanol–water partition coefficient (Wildman–Crippen LogP) is 3.58. The molecule has 0 aromatic carbocycles. The summed E-state index contributed by atoms with van der Waals surface area (Å²) in [6, 6.07) is 0. The molecule has 0 amide bonds. The van der Waals surface area contributed by atoms with Crippen LogP contribution in [0.1, 0.15) is 12.8 Å². The van der Waals surface area contributed by atoms with Crippen LogP contribution < -0.4 is 0 Å². The molecule has 5 heteroatoms. The molecule has 1 heterocycles. The van der Waals surface area contributed by atoms with Crippen molar-refractivity contribution in [2.24, 2.45) is 0 Å². The van der Waals surface area contributed by atoms with E-state index in [-0.39, 0.29) is 0 Å². The van der Waals surface area contributed by atoms with Crippen molar-refractivity contribution in [2.75, 3.05) is 11.5 Å². The second kappa shape index (κ2) is 8.06. The molecule has 0 saturated carbocycles. The van der Waals surface area contributed by atoms with Crippen LogP contribution in [-0.4, -0.2) is 11.5 Å². The second-order valence-corrected chi connectivity index (χ2v) is 12.1. The third kappa shape index (κ3) is 13.0. The van der Waals surface area contributed by atoms with Crippen molar-refractivity contribution in [3.8, 4) is 0 Å². The zero-order valence-electron chi connectivity index (χ0n) is 4.67. The fourth-order valence-electron chi connectivity index (χ4n) is 0.510. The molecule has 0 unspecified atom stereocenters. The standard InChI is InChI=1S/C4H8S.Au.3ClH/c1-2-4-5-3-1;;;;/h1-4H2;;3*1H/q;+3;;;/p-3. The number of hydrogen-bond donors (Lipinski definition) is 0. The average Bonchev–Trinajstić information content (AvgIpc) is 2.11. The number of thioether (sulfide) groups is 1. The molecule has 1 saturated heterocycles. The Hall–Kier alpha value is 1.96. The molecule has 0 spiro atoms. The van der Waals surface area contributed by atoms with E-state index in [4.69, 9.17) is 27.6 Å². The van der Waals surface area contributed by atoms with E-state index >= 15 is 0 Å². The maximum atomic E-state index is 4.95. The van der Waals surface area contributed by atoms with E-state index in [1.165, 1.54) is 24.3 Å². The summed E-state index contributed by atoms with van der Waals surface area (Å²) in [7, 11) is 14.9. The van der Waals surface area contributed by atoms with Gasteiger partial charge in [0.2, 0.25) is 0 Å². The van der Waals surface area contributed by atoms with Gasteiger partial charge in [-0.05, 0) is 24.3 Å². The molecule has 0 aromatic heterocycles. The van der Waals surface area contributed by atoms with Gasteiger partial charge >= 0.3 is 42.8 Å². The Morgan fingerprint density at radius 1 is 1.00 bits per heavy atom. The topological polar surface area (TPSA) is 0 Å². The second-order valence-electron chi connectivity index (χ2n) is 1.45. The molecule has 0 atom stereocenters. The van der Waals surface area contributed by atoms with Gasteiger partial charge < -0.3 is 0 Å². The first-order valence-corrected chi connectivity index (χ1v) is 11.6. The molecule has 62 valence electrons. The van der Waals surface area contributed by atoms with Crippen LogP contribution >= 0.6 is 39.3 Å². The van der Waals surface area contributed by atoms with Crippen LogP contribution in [0.4, 0.5) is 0 Å². The van der Waals surface area contributed by atoms with Crippen molar-refractivity contribution in [1.82, 2.24) is 0 Å². The minimum atomic E-state index is -1.79. The summed E-state index contributed by atoms with van der Waals surface area (Å²) >= 11 is 0.287. The zero-order valence-corrected chi connectivity index (χ0v) is 9.92. The molecular weight excluding hydrogens is 383 g/mol. The van der Waals surface area contributed by atoms with Crippen molar-refractivity contribution in [2.45, 2.75) is 12.8 Å². The molecule has 0 aromatic rings. The van der Waals surface area contributed by atoms with Gasteiger partial charge in [0.25, 0.3) is 0 Å². The van der Waals surface area contributed by atoms with Crippen molar-refractivity contribution < 1.29 is 15.2 Å². The number of halogens is 3. The van der Waals surface area contributed by atoms with E-state index in [9.17, 15) is 0 Å². The van der Waals surface area contributed by atoms with Gasteiger partial charge in [0.05, 0.1) is 0 Å². The van der Waals surface area contributed by atoms with Gasteiger partial charge in [-0.1, -0.05) is 0 Å². The molecule has 9 heavy (non-hydrogen) atoms. The molecule has 0 N–H and O–H groups in total. The SMILES string of the molecule is C1CCSC1.[Cl][Au]([Cl])[Cl]. The van der Waals surface area contributed by atoms with E-state index in [0.717, 1.165) is 0 Å². The van der Waals surface area contributed by atoms with E-state index < -0.39 is 15.2 Å². The molecule has 0 nitrogen and oxygen atoms in total. The van der Waals surface area contributed by atoms with Gasteiger partial charge in [0, 0.05) is 0 Å². The Morgan fingerprint density at radius 2 is 1.33 bits per heavy atom. The van der Waals surface area contributed by atoms with E-state index in [1.54, 1.807) is 0 Å². The third-order valence-electron chi connectivity index (χ3n) is 0.827. The summed E-state index contributed by atoms with van der Waals surface area (Å²) in [5.74, 6) is 2.83. The summed E-state index contributed by atoms with van der Waals surface area (Å²) < 4.78 is 0. The summed E-state index contributed by atoms with van der Waals surface area (Å²) in [6.45, 7) is 0. The van der Waals surface area contributed by atoms with E-state index in [1.807, 2.05) is 0 Å². The summed E-state index contributed by atoms with van der Waals surface area (Å²) in [4.78, 5) is 0. The van der Waals surface area contributed by atoms with Gasteiger partial charge in [-0.25, -0.2) is 0 Å². The van der Waals surface area contributed by atoms with Gasteiger partial charge in [-0.2, -0.15) is 11.8 Å². The first-order chi connectivity index (χ1) is 4.23. The van der Waals surface area contributed by atoms with Gasteiger partial charge in [0.1, 0.15) is 0 Å². The normalized spacial score (nSPS) is 18.3. The maximum absolute atomic E-state index is 4.95. The Kier molecular flexibility index (Phi) is 9.82. The third-order valence-corrected chi connectivity index (χ3v) is 1.98. The van der Waals surface area contributed by atoms with Gasteiger partial charge in [-0.15, -0.1) is 0 Å². The van der Waals surface area contributed by atoms with E-state index in [0.29, 0.717) is 0 Å². The van der Waals surface area contributed by atoms with Crippen molar-refractivity contribution in [1.29, 1.82) is 0 Å². The number of rotatable bonds is 0. The van der Waals surface area contributed by atoms with Crippen molar-refractivity contribution in [3.05, 3.63) is 0 Å². The van der Waals surface area contributed by atoms with Gasteiger partial charge in [-0.3, -0.25) is 0 Å². The molecular formula is C4H8AuCl3S. The Bertz CT molecular complexity index is 47.4. The molecule has 1 aliphatic rings. The summed E-state index contributed by atoms with van der Waals surface area (Å²) in [6.07, 6.45) is 2.93. The summed E-state index contributed by atoms with van der Waals surface area (Å²) in [5, 5.41) is 0. The average molecular weight is 392 g/mol. The molecule has 0 aliphatic carbocycles. The van der Waals surface area contributed by atoms with Crippen LogP contribution in [0.2, 0.25) is 0 Å².